The van der Waals surface area contributed by atoms with E-state index in [-0.39, 0.29) is 0 Å². The standard InChI is InChI=1S/C9H10BrF2N/c1-9(13,8(11)12)6-3-2-4-7(10)5-6/h2-5,8H,13H2,1H3. The Morgan fingerprint density at radius 1 is 1.46 bits per heavy atom. The minimum atomic E-state index is -2.57. The van der Waals surface area contributed by atoms with Gasteiger partial charge in [0.25, 0.3) is 6.43 Å². The third-order valence-corrected chi connectivity index (χ3v) is 2.39. The average molecular weight is 250 g/mol. The van der Waals surface area contributed by atoms with Crippen LogP contribution in [0.25, 0.3) is 0 Å². The highest BCUT2D eigenvalue weighted by atomic mass is 79.9. The molecule has 0 heterocycles. The minimum Gasteiger partial charge on any atom is -0.317 e. The smallest absolute Gasteiger partial charge is 0.260 e. The Kier molecular flexibility index (Phi) is 3.03. The molecule has 0 bridgehead atoms. The summed E-state index contributed by atoms with van der Waals surface area (Å²) in [5.41, 5.74) is 4.33. The van der Waals surface area contributed by atoms with Crippen molar-refractivity contribution < 1.29 is 8.78 Å². The van der Waals surface area contributed by atoms with E-state index in [1.54, 1.807) is 24.3 Å². The number of alkyl halides is 2. The van der Waals surface area contributed by atoms with Crippen LogP contribution in [-0.4, -0.2) is 6.43 Å². The molecule has 0 fully saturated rings. The number of hydrogen-bond acceptors (Lipinski definition) is 1. The SMILES string of the molecule is CC(N)(c1cccc(Br)c1)C(F)F. The molecular weight excluding hydrogens is 240 g/mol. The van der Waals surface area contributed by atoms with Gasteiger partial charge < -0.3 is 5.73 Å². The van der Waals surface area contributed by atoms with Gasteiger partial charge in [-0.1, -0.05) is 28.1 Å². The van der Waals surface area contributed by atoms with Crippen LogP contribution in [0.4, 0.5) is 8.78 Å². The van der Waals surface area contributed by atoms with Crippen LogP contribution in [0.15, 0.2) is 28.7 Å². The first kappa shape index (κ1) is 10.6. The Hall–Kier alpha value is -0.480. The van der Waals surface area contributed by atoms with Gasteiger partial charge in [-0.2, -0.15) is 0 Å². The Labute approximate surface area is 84.1 Å². The van der Waals surface area contributed by atoms with E-state index in [1.165, 1.54) is 6.92 Å². The van der Waals surface area contributed by atoms with E-state index in [9.17, 15) is 8.78 Å². The number of nitrogens with two attached hydrogens (primary N) is 1. The lowest BCUT2D eigenvalue weighted by Crippen LogP contribution is -2.40. The molecule has 1 aromatic rings. The molecule has 0 aromatic heterocycles. The lowest BCUT2D eigenvalue weighted by atomic mass is 9.94. The molecule has 2 N–H and O–H groups in total. The fourth-order valence-corrected chi connectivity index (χ4v) is 1.35. The Morgan fingerprint density at radius 2 is 2.08 bits per heavy atom. The second-order valence-electron chi connectivity index (χ2n) is 3.09. The van der Waals surface area contributed by atoms with Gasteiger partial charge in [0.2, 0.25) is 0 Å². The molecule has 72 valence electrons. The molecule has 1 atom stereocenters. The van der Waals surface area contributed by atoms with E-state index in [0.29, 0.717) is 5.56 Å². The highest BCUT2D eigenvalue weighted by Gasteiger charge is 2.32. The van der Waals surface area contributed by atoms with Gasteiger partial charge in [0.15, 0.2) is 0 Å². The van der Waals surface area contributed by atoms with E-state index < -0.39 is 12.0 Å². The zero-order valence-electron chi connectivity index (χ0n) is 7.10. The number of rotatable bonds is 2. The monoisotopic (exact) mass is 249 g/mol. The topological polar surface area (TPSA) is 26.0 Å². The Balaban J connectivity index is 3.07. The summed E-state index contributed by atoms with van der Waals surface area (Å²) in [5.74, 6) is 0. The molecule has 0 saturated heterocycles. The first-order valence-electron chi connectivity index (χ1n) is 3.77. The molecule has 4 heteroatoms. The van der Waals surface area contributed by atoms with Crippen molar-refractivity contribution in [3.63, 3.8) is 0 Å². The molecule has 0 radical (unpaired) electrons. The fourth-order valence-electron chi connectivity index (χ4n) is 0.950. The van der Waals surface area contributed by atoms with Crippen molar-refractivity contribution in [2.45, 2.75) is 18.9 Å². The zero-order chi connectivity index (χ0) is 10.1. The van der Waals surface area contributed by atoms with Crippen molar-refractivity contribution >= 4 is 15.9 Å². The van der Waals surface area contributed by atoms with Gasteiger partial charge >= 0.3 is 0 Å². The number of benzene rings is 1. The third kappa shape index (κ3) is 2.25. The van der Waals surface area contributed by atoms with Crippen LogP contribution >= 0.6 is 15.9 Å². The quantitative estimate of drug-likeness (QED) is 0.858. The van der Waals surface area contributed by atoms with Crippen LogP contribution in [0.5, 0.6) is 0 Å². The summed E-state index contributed by atoms with van der Waals surface area (Å²) in [4.78, 5) is 0. The second kappa shape index (κ2) is 3.72. The molecule has 1 unspecified atom stereocenters. The Morgan fingerprint density at radius 3 is 2.54 bits per heavy atom. The van der Waals surface area contributed by atoms with E-state index >= 15 is 0 Å². The maximum atomic E-state index is 12.5. The van der Waals surface area contributed by atoms with Gasteiger partial charge in [-0.25, -0.2) is 8.78 Å². The maximum Gasteiger partial charge on any atom is 0.260 e. The summed E-state index contributed by atoms with van der Waals surface area (Å²) in [5, 5.41) is 0. The molecule has 1 aromatic carbocycles. The maximum absolute atomic E-state index is 12.5. The van der Waals surface area contributed by atoms with Gasteiger partial charge in [0.1, 0.15) is 0 Å². The first-order chi connectivity index (χ1) is 5.94. The van der Waals surface area contributed by atoms with Crippen LogP contribution in [0.2, 0.25) is 0 Å². The lowest BCUT2D eigenvalue weighted by molar-refractivity contribution is 0.0625. The minimum absolute atomic E-state index is 0.428. The molecule has 1 nitrogen and oxygen atoms in total. The van der Waals surface area contributed by atoms with Gasteiger partial charge in [0, 0.05) is 4.47 Å². The predicted octanol–water partition coefficient (Wildman–Crippen LogP) is 2.89. The summed E-state index contributed by atoms with van der Waals surface area (Å²) in [6, 6.07) is 6.65. The van der Waals surface area contributed by atoms with E-state index in [0.717, 1.165) is 4.47 Å². The van der Waals surface area contributed by atoms with Gasteiger partial charge in [-0.15, -0.1) is 0 Å². The van der Waals surface area contributed by atoms with Crippen molar-refractivity contribution in [1.82, 2.24) is 0 Å². The normalized spacial score (nSPS) is 15.8. The molecule has 0 aliphatic rings. The predicted molar refractivity (Wildman–Crippen MR) is 51.7 cm³/mol. The van der Waals surface area contributed by atoms with Crippen molar-refractivity contribution in [3.05, 3.63) is 34.3 Å². The first-order valence-corrected chi connectivity index (χ1v) is 4.57. The van der Waals surface area contributed by atoms with Crippen LogP contribution in [0.1, 0.15) is 12.5 Å². The molecular formula is C9H10BrF2N. The van der Waals surface area contributed by atoms with Gasteiger partial charge in [-0.05, 0) is 24.6 Å². The van der Waals surface area contributed by atoms with Crippen LogP contribution in [-0.2, 0) is 5.54 Å². The average Bonchev–Trinajstić information content (AvgIpc) is 2.04. The van der Waals surface area contributed by atoms with Crippen molar-refractivity contribution in [1.29, 1.82) is 0 Å². The van der Waals surface area contributed by atoms with Gasteiger partial charge in [-0.3, -0.25) is 0 Å². The number of halogens is 3. The van der Waals surface area contributed by atoms with Crippen molar-refractivity contribution in [2.75, 3.05) is 0 Å². The number of hydrogen-bond donors (Lipinski definition) is 1. The highest BCUT2D eigenvalue weighted by molar-refractivity contribution is 9.10. The molecule has 0 aliphatic heterocycles. The Bertz CT molecular complexity index is 299. The summed E-state index contributed by atoms with van der Waals surface area (Å²) in [6.45, 7) is 1.32. The fraction of sp³-hybridized carbons (Fsp3) is 0.333. The molecule has 13 heavy (non-hydrogen) atoms. The van der Waals surface area contributed by atoms with Crippen molar-refractivity contribution in [3.8, 4) is 0 Å². The largest absolute Gasteiger partial charge is 0.317 e. The molecule has 1 rings (SSSR count). The van der Waals surface area contributed by atoms with E-state index in [4.69, 9.17) is 5.73 Å². The summed E-state index contributed by atoms with van der Waals surface area (Å²) in [7, 11) is 0. The highest BCUT2D eigenvalue weighted by Crippen LogP contribution is 2.26. The molecule has 0 saturated carbocycles. The molecule has 0 amide bonds. The lowest BCUT2D eigenvalue weighted by Gasteiger charge is -2.24. The third-order valence-electron chi connectivity index (χ3n) is 1.90. The second-order valence-corrected chi connectivity index (χ2v) is 4.01. The summed E-state index contributed by atoms with van der Waals surface area (Å²) in [6.07, 6.45) is -2.57. The van der Waals surface area contributed by atoms with Crippen molar-refractivity contribution in [2.24, 2.45) is 5.73 Å². The summed E-state index contributed by atoms with van der Waals surface area (Å²) >= 11 is 3.20. The van der Waals surface area contributed by atoms with Crippen LogP contribution in [0, 0.1) is 0 Å². The van der Waals surface area contributed by atoms with Gasteiger partial charge in [0.05, 0.1) is 5.54 Å². The molecule has 0 spiro atoms. The zero-order valence-corrected chi connectivity index (χ0v) is 8.68. The van der Waals surface area contributed by atoms with Crippen LogP contribution < -0.4 is 5.73 Å². The van der Waals surface area contributed by atoms with E-state index in [1.807, 2.05) is 0 Å². The van der Waals surface area contributed by atoms with E-state index in [2.05, 4.69) is 15.9 Å². The molecule has 0 aliphatic carbocycles. The van der Waals surface area contributed by atoms with Crippen LogP contribution in [0.3, 0.4) is 0 Å². The summed E-state index contributed by atoms with van der Waals surface area (Å²) < 4.78 is 25.7.